The van der Waals surface area contributed by atoms with Gasteiger partial charge in [0.1, 0.15) is 5.41 Å². The number of hydrogen-bond donors (Lipinski definition) is 0. The maximum absolute atomic E-state index is 12.0. The monoisotopic (exact) mass is 295 g/mol. The van der Waals surface area contributed by atoms with Crippen molar-refractivity contribution in [3.05, 3.63) is 34.3 Å². The van der Waals surface area contributed by atoms with Crippen LogP contribution in [0.5, 0.6) is 0 Å². The molecule has 1 aromatic rings. The molecule has 0 aromatic heterocycles. The summed E-state index contributed by atoms with van der Waals surface area (Å²) in [7, 11) is 0. The molecule has 0 heterocycles. The summed E-state index contributed by atoms with van der Waals surface area (Å²) in [6.07, 6.45) is 0.0917. The van der Waals surface area contributed by atoms with E-state index in [4.69, 9.17) is 10.00 Å². The van der Waals surface area contributed by atoms with Crippen LogP contribution < -0.4 is 0 Å². The van der Waals surface area contributed by atoms with Crippen LogP contribution in [-0.4, -0.2) is 12.6 Å². The molecule has 0 aliphatic carbocycles. The summed E-state index contributed by atoms with van der Waals surface area (Å²) in [5.41, 5.74) is -0.148. The number of carbonyl (C=O) groups excluding carboxylic acids is 1. The normalized spacial score (nSPS) is 13.5. The van der Waals surface area contributed by atoms with Crippen molar-refractivity contribution in [1.29, 1.82) is 5.26 Å². The van der Waals surface area contributed by atoms with E-state index in [1.54, 1.807) is 13.8 Å². The maximum atomic E-state index is 12.0. The van der Waals surface area contributed by atoms with Crippen molar-refractivity contribution in [2.45, 2.75) is 25.7 Å². The molecule has 90 valence electrons. The average molecular weight is 296 g/mol. The number of rotatable bonds is 4. The van der Waals surface area contributed by atoms with Gasteiger partial charge in [0.2, 0.25) is 0 Å². The molecule has 0 aliphatic rings. The van der Waals surface area contributed by atoms with Gasteiger partial charge in [0.05, 0.1) is 19.1 Å². The van der Waals surface area contributed by atoms with Crippen LogP contribution in [0.15, 0.2) is 28.7 Å². The number of benzene rings is 1. The molecule has 4 heteroatoms. The van der Waals surface area contributed by atoms with Crippen LogP contribution in [-0.2, 0) is 14.9 Å². The highest BCUT2D eigenvalue weighted by Gasteiger charge is 2.38. The fraction of sp³-hybridized carbons (Fsp3) is 0.385. The zero-order valence-electron chi connectivity index (χ0n) is 9.87. The fourth-order valence-corrected chi connectivity index (χ4v) is 2.36. The molecule has 0 spiro atoms. The van der Waals surface area contributed by atoms with Crippen molar-refractivity contribution in [1.82, 2.24) is 0 Å². The summed E-state index contributed by atoms with van der Waals surface area (Å²) in [5.74, 6) is -0.367. The van der Waals surface area contributed by atoms with Crippen LogP contribution in [0, 0.1) is 11.3 Å². The lowest BCUT2D eigenvalue weighted by Crippen LogP contribution is -2.34. The largest absolute Gasteiger partial charge is 0.465 e. The second kappa shape index (κ2) is 5.83. The Morgan fingerprint density at radius 3 is 2.71 bits per heavy atom. The van der Waals surface area contributed by atoms with Gasteiger partial charge in [-0.25, -0.2) is 0 Å². The molecule has 1 rings (SSSR count). The summed E-state index contributed by atoms with van der Waals surface area (Å²) >= 11 is 3.40. The molecule has 1 atom stereocenters. The molecule has 0 saturated heterocycles. The highest BCUT2D eigenvalue weighted by atomic mass is 79.9. The molecular weight excluding hydrogens is 282 g/mol. The molecule has 0 amide bonds. The highest BCUT2D eigenvalue weighted by Crippen LogP contribution is 2.34. The summed E-state index contributed by atoms with van der Waals surface area (Å²) in [6, 6.07) is 9.44. The smallest absolute Gasteiger partial charge is 0.317 e. The van der Waals surface area contributed by atoms with Crippen molar-refractivity contribution in [3.8, 4) is 6.07 Å². The molecule has 3 nitrogen and oxygen atoms in total. The molecule has 17 heavy (non-hydrogen) atoms. The lowest BCUT2D eigenvalue weighted by Gasteiger charge is -2.26. The Morgan fingerprint density at radius 2 is 2.18 bits per heavy atom. The van der Waals surface area contributed by atoms with Crippen LogP contribution in [0.4, 0.5) is 0 Å². The van der Waals surface area contributed by atoms with Crippen LogP contribution in [0.3, 0.4) is 0 Å². The Labute approximate surface area is 110 Å². The average Bonchev–Trinajstić information content (AvgIpc) is 2.30. The van der Waals surface area contributed by atoms with Gasteiger partial charge in [0.25, 0.3) is 0 Å². The quantitative estimate of drug-likeness (QED) is 0.802. The minimum absolute atomic E-state index is 0.0917. The lowest BCUT2D eigenvalue weighted by molar-refractivity contribution is -0.149. The third-order valence-corrected chi connectivity index (χ3v) is 3.32. The number of hydrogen-bond acceptors (Lipinski definition) is 3. The summed E-state index contributed by atoms with van der Waals surface area (Å²) < 4.78 is 5.87. The van der Waals surface area contributed by atoms with Crippen LogP contribution >= 0.6 is 15.9 Å². The van der Waals surface area contributed by atoms with E-state index < -0.39 is 5.41 Å². The number of ether oxygens (including phenoxy) is 1. The van der Waals surface area contributed by atoms with Gasteiger partial charge in [-0.3, -0.25) is 4.79 Å². The number of halogens is 1. The van der Waals surface area contributed by atoms with Gasteiger partial charge in [0, 0.05) is 4.47 Å². The Kier molecular flexibility index (Phi) is 4.71. The van der Waals surface area contributed by atoms with E-state index in [1.165, 1.54) is 0 Å². The third-order valence-electron chi connectivity index (χ3n) is 2.63. The molecule has 0 radical (unpaired) electrons. The number of nitrogens with zero attached hydrogens (tertiary/aromatic N) is 1. The van der Waals surface area contributed by atoms with Crippen molar-refractivity contribution < 1.29 is 9.53 Å². The van der Waals surface area contributed by atoms with Crippen LogP contribution in [0.1, 0.15) is 25.8 Å². The van der Waals surface area contributed by atoms with Gasteiger partial charge in [0.15, 0.2) is 0 Å². The Bertz CT molecular complexity index is 453. The van der Waals surface area contributed by atoms with Crippen molar-refractivity contribution >= 4 is 21.9 Å². The molecular formula is C13H14BrNO2. The first-order valence-corrected chi connectivity index (χ1v) is 6.14. The van der Waals surface area contributed by atoms with Crippen LogP contribution in [0.2, 0.25) is 0 Å². The first-order valence-electron chi connectivity index (χ1n) is 5.35. The number of carbonyl (C=O) groups is 1. The van der Waals surface area contributed by atoms with Gasteiger partial charge in [-0.2, -0.15) is 5.26 Å². The zero-order chi connectivity index (χ0) is 12.9. The summed E-state index contributed by atoms with van der Waals surface area (Å²) in [4.78, 5) is 12.0. The van der Waals surface area contributed by atoms with E-state index in [9.17, 15) is 4.79 Å². The topological polar surface area (TPSA) is 50.1 Å². The van der Waals surface area contributed by atoms with Crippen molar-refractivity contribution in [2.24, 2.45) is 0 Å². The number of nitriles is 1. The summed E-state index contributed by atoms with van der Waals surface area (Å²) in [6.45, 7) is 3.79. The van der Waals surface area contributed by atoms with Gasteiger partial charge in [-0.05, 0) is 25.5 Å². The molecule has 0 fully saturated rings. The molecule has 0 aliphatic heterocycles. The third kappa shape index (κ3) is 2.86. The van der Waals surface area contributed by atoms with Crippen LogP contribution in [0.25, 0.3) is 0 Å². The first-order chi connectivity index (χ1) is 8.06. The second-order valence-corrected chi connectivity index (χ2v) is 4.72. The van der Waals surface area contributed by atoms with E-state index in [1.807, 2.05) is 24.3 Å². The lowest BCUT2D eigenvalue weighted by atomic mass is 9.80. The Hall–Kier alpha value is -1.34. The highest BCUT2D eigenvalue weighted by molar-refractivity contribution is 9.10. The van der Waals surface area contributed by atoms with Gasteiger partial charge < -0.3 is 4.74 Å². The first kappa shape index (κ1) is 13.7. The van der Waals surface area contributed by atoms with Gasteiger partial charge in [-0.15, -0.1) is 0 Å². The molecule has 0 N–H and O–H groups in total. The van der Waals surface area contributed by atoms with Crippen molar-refractivity contribution in [2.75, 3.05) is 6.61 Å². The Morgan fingerprint density at radius 1 is 1.53 bits per heavy atom. The van der Waals surface area contributed by atoms with E-state index in [-0.39, 0.29) is 12.4 Å². The number of esters is 1. The van der Waals surface area contributed by atoms with Gasteiger partial charge in [-0.1, -0.05) is 34.1 Å². The molecule has 1 unspecified atom stereocenters. The van der Waals surface area contributed by atoms with Gasteiger partial charge >= 0.3 is 5.97 Å². The zero-order valence-corrected chi connectivity index (χ0v) is 11.5. The van der Waals surface area contributed by atoms with E-state index in [0.29, 0.717) is 6.61 Å². The second-order valence-electron chi connectivity index (χ2n) is 3.87. The van der Waals surface area contributed by atoms with E-state index in [2.05, 4.69) is 22.0 Å². The minimum atomic E-state index is -0.926. The maximum Gasteiger partial charge on any atom is 0.317 e. The predicted molar refractivity (Wildman–Crippen MR) is 68.4 cm³/mol. The van der Waals surface area contributed by atoms with E-state index in [0.717, 1.165) is 10.0 Å². The standard InChI is InChI=1S/C13H14BrNO2/c1-3-17-12(16)13(2,8-9-15)10-6-4-5-7-11(10)14/h4-7H,3,8H2,1-2H3. The SMILES string of the molecule is CCOC(=O)C(C)(CC#N)c1ccccc1Br. The Balaban J connectivity index is 3.21. The predicted octanol–water partition coefficient (Wildman–Crippen LogP) is 3.18. The summed E-state index contributed by atoms with van der Waals surface area (Å²) in [5, 5.41) is 8.90. The molecule has 1 aromatic carbocycles. The molecule has 0 bridgehead atoms. The fourth-order valence-electron chi connectivity index (χ4n) is 1.63. The minimum Gasteiger partial charge on any atom is -0.465 e. The van der Waals surface area contributed by atoms with E-state index >= 15 is 0 Å². The van der Waals surface area contributed by atoms with Crippen molar-refractivity contribution in [3.63, 3.8) is 0 Å². The molecule has 0 saturated carbocycles.